The number of benzene rings is 8. The molecule has 0 unspecified atom stereocenters. The third-order valence-corrected chi connectivity index (χ3v) is 8.29. The van der Waals surface area contributed by atoms with Gasteiger partial charge in [-0.3, -0.25) is 0 Å². The van der Waals surface area contributed by atoms with Gasteiger partial charge in [0.25, 0.3) is 0 Å². The van der Waals surface area contributed by atoms with Gasteiger partial charge in [0.05, 0.1) is 68.9 Å². The van der Waals surface area contributed by atoms with Crippen molar-refractivity contribution in [3.8, 4) is 33.6 Å². The highest BCUT2D eigenvalue weighted by Gasteiger charge is 2.19. The summed E-state index contributed by atoms with van der Waals surface area (Å²) < 4.78 is 277. The van der Waals surface area contributed by atoms with E-state index in [-0.39, 0.29) is 0 Å². The maximum Gasteiger partial charge on any atom is 0.159 e. The molecule has 3 heteroatoms. The summed E-state index contributed by atoms with van der Waals surface area (Å²) in [5.41, 5.74) is -8.48. The van der Waals surface area contributed by atoms with E-state index in [2.05, 4.69) is 0 Å². The van der Waals surface area contributed by atoms with E-state index in [0.717, 1.165) is 9.13 Å². The highest BCUT2D eigenvalue weighted by molar-refractivity contribution is 6.14. The minimum atomic E-state index is -1.07. The van der Waals surface area contributed by atoms with Crippen molar-refractivity contribution in [3.63, 3.8) is 0 Å². The molecule has 0 amide bonds. The molecule has 0 radical (unpaired) electrons. The van der Waals surface area contributed by atoms with Crippen LogP contribution in [0.5, 0.6) is 0 Å². The molecular formula is C48H30N2O. The molecule has 11 aromatic rings. The Morgan fingerprint density at radius 3 is 1.59 bits per heavy atom. The lowest BCUT2D eigenvalue weighted by atomic mass is 10.0. The Bertz CT molecular complexity index is 4820. The van der Waals surface area contributed by atoms with Crippen LogP contribution >= 0.6 is 0 Å². The predicted octanol–water partition coefficient (Wildman–Crippen LogP) is 13.1. The van der Waals surface area contributed by atoms with Crippen molar-refractivity contribution < 1.29 is 45.5 Å². The number of nitrogens with zero attached hydrogens (tertiary/aromatic N) is 2. The van der Waals surface area contributed by atoms with E-state index in [1.165, 1.54) is 0 Å². The van der Waals surface area contributed by atoms with Gasteiger partial charge >= 0.3 is 0 Å². The number of aromatic nitrogens is 2. The number of hydrogen-bond acceptors (Lipinski definition) is 1. The Labute approximate surface area is 336 Å². The van der Waals surface area contributed by atoms with Crippen LogP contribution in [0.25, 0.3) is 99.2 Å². The van der Waals surface area contributed by atoms with Crippen molar-refractivity contribution >= 4 is 65.6 Å². The maximum atomic E-state index is 9.93. The molecule has 0 aliphatic heterocycles. The van der Waals surface area contributed by atoms with Crippen LogP contribution in [-0.2, 0) is 0 Å². The average molecular weight is 681 g/mol. The number of fused-ring (bicyclic) bond motifs is 9. The molecule has 11 rings (SSSR count). The van der Waals surface area contributed by atoms with E-state index in [4.69, 9.17) is 30.5 Å². The summed E-state index contributed by atoms with van der Waals surface area (Å²) in [5.74, 6) is 0. The first-order valence-corrected chi connectivity index (χ1v) is 15.0. The highest BCUT2D eigenvalue weighted by atomic mass is 16.3. The van der Waals surface area contributed by atoms with Gasteiger partial charge in [-0.15, -0.1) is 0 Å². The van der Waals surface area contributed by atoms with Crippen LogP contribution in [0.15, 0.2) is 186 Å². The van der Waals surface area contributed by atoms with Crippen LogP contribution in [0.3, 0.4) is 0 Å². The zero-order valence-electron chi connectivity index (χ0n) is 55.3. The topological polar surface area (TPSA) is 23.0 Å². The van der Waals surface area contributed by atoms with Crippen molar-refractivity contribution in [2.45, 2.75) is 0 Å². The van der Waals surface area contributed by atoms with Gasteiger partial charge in [0.1, 0.15) is 5.58 Å². The molecule has 0 aliphatic carbocycles. The summed E-state index contributed by atoms with van der Waals surface area (Å²) in [5, 5.41) is -3.51. The Balaban J connectivity index is 1.33. The molecule has 0 saturated heterocycles. The summed E-state index contributed by atoms with van der Waals surface area (Å²) in [7, 11) is 0. The molecule has 3 heterocycles. The Morgan fingerprint density at radius 1 is 0.353 bits per heavy atom. The normalized spacial score (nSPS) is 20.2. The third kappa shape index (κ3) is 4.19. The third-order valence-electron chi connectivity index (χ3n) is 8.29. The van der Waals surface area contributed by atoms with Crippen LogP contribution in [0, 0.1) is 0 Å². The van der Waals surface area contributed by atoms with Crippen molar-refractivity contribution in [2.75, 3.05) is 0 Å². The zero-order valence-corrected chi connectivity index (χ0v) is 25.3. The first kappa shape index (κ1) is 11.6. The number of rotatable bonds is 4. The smallest absolute Gasteiger partial charge is 0.159 e. The summed E-state index contributed by atoms with van der Waals surface area (Å²) in [4.78, 5) is 0. The van der Waals surface area contributed by atoms with Crippen LogP contribution in [-0.4, -0.2) is 9.13 Å². The molecule has 3 aromatic heterocycles. The quantitative estimate of drug-likeness (QED) is 0.181. The van der Waals surface area contributed by atoms with Gasteiger partial charge in [-0.05, 0) is 88.7 Å². The molecule has 0 saturated carbocycles. The van der Waals surface area contributed by atoms with E-state index in [1.807, 2.05) is 0 Å². The fraction of sp³-hybridized carbons (Fsp3) is 0. The first-order chi connectivity index (χ1) is 37.8. The summed E-state index contributed by atoms with van der Waals surface area (Å²) in [6.07, 6.45) is 0. The standard InChI is InChI=1S/C48H30N2O/c1-3-12-31(13-4-1)34-22-25-38-39-18-11-21-46(48(39)51-47(38)30-34)50-43-20-10-8-17-37(43)41-29-33(24-27-45(41)50)32-23-26-44-40(28-32)36-16-7-9-19-42(36)49(44)35-14-5-2-6-15-35/h1-30H/i1D,2D,3D,4D,5D,6D,7D,8D,9D,10D,11D,12D,13D,14D,15D,16D,17D,18D,19D,20D,21D,22D,23D,24D,25D,26D,27D,28D,29D,30D. The monoisotopic (exact) mass is 680 g/mol. The van der Waals surface area contributed by atoms with Crippen molar-refractivity contribution in [1.29, 1.82) is 0 Å². The zero-order chi connectivity index (χ0) is 59.6. The molecule has 0 aliphatic rings. The minimum Gasteiger partial charge on any atom is -0.454 e. The second-order valence-electron chi connectivity index (χ2n) is 11.0. The van der Waals surface area contributed by atoms with Crippen molar-refractivity contribution in [3.05, 3.63) is 181 Å². The first-order valence-electron chi connectivity index (χ1n) is 30.0. The fourth-order valence-corrected chi connectivity index (χ4v) is 6.14. The van der Waals surface area contributed by atoms with Crippen molar-refractivity contribution in [2.24, 2.45) is 0 Å². The maximum absolute atomic E-state index is 9.93. The Hall–Kier alpha value is -6.84. The molecular weight excluding hydrogens is 621 g/mol. The van der Waals surface area contributed by atoms with E-state index in [9.17, 15) is 15.1 Å². The number of furan rings is 1. The lowest BCUT2D eigenvalue weighted by Gasteiger charge is -2.10. The molecule has 51 heavy (non-hydrogen) atoms. The number of para-hydroxylation sites is 4. The van der Waals surface area contributed by atoms with Crippen LogP contribution in [0.2, 0.25) is 0 Å². The predicted molar refractivity (Wildman–Crippen MR) is 213 cm³/mol. The molecule has 0 atom stereocenters. The van der Waals surface area contributed by atoms with E-state index in [1.54, 1.807) is 0 Å². The van der Waals surface area contributed by atoms with Crippen LogP contribution in [0.1, 0.15) is 41.1 Å². The summed E-state index contributed by atoms with van der Waals surface area (Å²) in [6.45, 7) is 0. The van der Waals surface area contributed by atoms with E-state index in [0.29, 0.717) is 0 Å². The molecule has 3 nitrogen and oxygen atoms in total. The van der Waals surface area contributed by atoms with E-state index >= 15 is 0 Å². The van der Waals surface area contributed by atoms with Gasteiger partial charge < -0.3 is 13.6 Å². The summed E-state index contributed by atoms with van der Waals surface area (Å²) >= 11 is 0. The fourth-order valence-electron chi connectivity index (χ4n) is 6.14. The second-order valence-corrected chi connectivity index (χ2v) is 11.0. The van der Waals surface area contributed by atoms with Crippen molar-refractivity contribution in [1.82, 2.24) is 9.13 Å². The van der Waals surface area contributed by atoms with Gasteiger partial charge in [-0.1, -0.05) is 115 Å². The molecule has 0 fully saturated rings. The highest BCUT2D eigenvalue weighted by Crippen LogP contribution is 2.41. The average Bonchev–Trinajstić information content (AvgIpc) is 2.24. The SMILES string of the molecule is [2H]c1c([2H])c([2H])c(-c2c([2H])c([2H])c3c(oc4c(-n5c6c([2H])c([2H])c([2H])c([2H])c6c6c([2H])c(-c7c([2H])c([2H])c8c(c7[2H])c7c([2H])c([2H])c([2H])c([2H])c7n8-c7c([2H])c([2H])c([2H])c([2H])c7[2H])c([2H])c([2H])c65)c([2H])c([2H])c([2H])c43)c2[2H])c([2H])c1[2H]. The number of hydrogen-bond donors (Lipinski definition) is 0. The van der Waals surface area contributed by atoms with Gasteiger partial charge in [0.2, 0.25) is 0 Å². The van der Waals surface area contributed by atoms with Gasteiger partial charge in [-0.2, -0.15) is 0 Å². The molecule has 0 N–H and O–H groups in total. The largest absolute Gasteiger partial charge is 0.454 e. The van der Waals surface area contributed by atoms with E-state index < -0.39 is 280 Å². The lowest BCUT2D eigenvalue weighted by Crippen LogP contribution is -1.94. The minimum absolute atomic E-state index is 0.528. The summed E-state index contributed by atoms with van der Waals surface area (Å²) in [6, 6.07) is -27.3. The van der Waals surface area contributed by atoms with Crippen LogP contribution < -0.4 is 0 Å². The van der Waals surface area contributed by atoms with Gasteiger partial charge in [0, 0.05) is 38.0 Å². The lowest BCUT2D eigenvalue weighted by molar-refractivity contribution is 0.666. The second kappa shape index (κ2) is 10.8. The molecule has 8 aromatic carbocycles. The van der Waals surface area contributed by atoms with Gasteiger partial charge in [-0.25, -0.2) is 0 Å². The molecule has 238 valence electrons. The van der Waals surface area contributed by atoms with Crippen LogP contribution in [0.4, 0.5) is 0 Å². The Morgan fingerprint density at radius 2 is 0.882 bits per heavy atom. The molecule has 0 bridgehead atoms. The van der Waals surface area contributed by atoms with Gasteiger partial charge in [0.15, 0.2) is 5.58 Å². The molecule has 0 spiro atoms. The Kier molecular flexibility index (Phi) is 2.47.